The molecule has 0 spiro atoms. The molecule has 0 aromatic rings. The van der Waals surface area contributed by atoms with E-state index < -0.39 is 0 Å². The normalized spacial score (nSPS) is 32.9. The third-order valence-corrected chi connectivity index (χ3v) is 3.57. The number of urea groups is 1. The van der Waals surface area contributed by atoms with E-state index >= 15 is 0 Å². The number of carbonyl (C=O) groups is 1. The van der Waals surface area contributed by atoms with E-state index in [9.17, 15) is 4.79 Å². The van der Waals surface area contributed by atoms with Crippen molar-refractivity contribution in [1.82, 2.24) is 20.9 Å². The molecule has 2 heterocycles. The maximum absolute atomic E-state index is 11.8. The fourth-order valence-corrected chi connectivity index (χ4v) is 2.59. The average Bonchev–Trinajstić information content (AvgIpc) is 2.82. The fraction of sp³-hybridized carbons (Fsp3) is 0.900. The number of hydrogen-bond donors (Lipinski definition) is 3. The summed E-state index contributed by atoms with van der Waals surface area (Å²) in [6.45, 7) is 3.72. The van der Waals surface area contributed by atoms with Crippen molar-refractivity contribution in [1.29, 1.82) is 0 Å². The molecule has 0 aromatic carbocycles. The second-order valence-electron chi connectivity index (χ2n) is 4.49. The number of likely N-dealkylation sites (tertiary alicyclic amines) is 1. The van der Waals surface area contributed by atoms with E-state index in [1.807, 2.05) is 4.90 Å². The molecule has 0 saturated carbocycles. The molecule has 0 bridgehead atoms. The first-order valence-electron chi connectivity index (χ1n) is 5.65. The fourth-order valence-electron chi connectivity index (χ4n) is 2.59. The Balaban J connectivity index is 1.94. The summed E-state index contributed by atoms with van der Waals surface area (Å²) >= 11 is 0. The first-order valence-corrected chi connectivity index (χ1v) is 5.65. The second-order valence-corrected chi connectivity index (χ2v) is 4.49. The lowest BCUT2D eigenvalue weighted by Gasteiger charge is -2.26. The lowest BCUT2D eigenvalue weighted by Crippen LogP contribution is -2.46. The summed E-state index contributed by atoms with van der Waals surface area (Å²) in [5, 5.41) is 9.02. The lowest BCUT2D eigenvalue weighted by atomic mass is 9.95. The molecular weight excluding hydrogens is 208 g/mol. The van der Waals surface area contributed by atoms with Crippen LogP contribution in [0.2, 0.25) is 0 Å². The number of rotatable bonds is 3. The Morgan fingerprint density at radius 3 is 3.12 bits per heavy atom. The Morgan fingerprint density at radius 2 is 2.50 bits per heavy atom. The number of nitrogens with one attached hydrogen (secondary N) is 3. The molecular formula is C10H20N4O2. The maximum Gasteiger partial charge on any atom is 0.318 e. The van der Waals surface area contributed by atoms with Crippen molar-refractivity contribution < 1.29 is 9.53 Å². The molecule has 3 N–H and O–H groups in total. The molecule has 16 heavy (non-hydrogen) atoms. The second kappa shape index (κ2) is 4.57. The van der Waals surface area contributed by atoms with Crippen LogP contribution in [0.3, 0.4) is 0 Å². The van der Waals surface area contributed by atoms with Crippen LogP contribution in [-0.2, 0) is 4.74 Å². The standard InChI is InChI=1S/C10H20N4O2/c1-11-7-13-9(15)14-4-8-3-12-5-10(8,6-14)16-2/h8,11-12H,3-7H2,1-2H3,(H,13,15). The molecule has 0 radical (unpaired) electrons. The molecule has 2 unspecified atom stereocenters. The van der Waals surface area contributed by atoms with Gasteiger partial charge in [-0.1, -0.05) is 0 Å². The summed E-state index contributed by atoms with van der Waals surface area (Å²) in [4.78, 5) is 13.6. The molecule has 2 saturated heterocycles. The monoisotopic (exact) mass is 228 g/mol. The number of hydrogen-bond acceptors (Lipinski definition) is 4. The SMILES string of the molecule is CNCNC(=O)N1CC2CNCC2(OC)C1. The van der Waals surface area contributed by atoms with Crippen LogP contribution >= 0.6 is 0 Å². The molecule has 6 nitrogen and oxygen atoms in total. The van der Waals surface area contributed by atoms with Gasteiger partial charge in [0.15, 0.2) is 0 Å². The minimum atomic E-state index is -0.170. The average molecular weight is 228 g/mol. The number of fused-ring (bicyclic) bond motifs is 1. The zero-order valence-electron chi connectivity index (χ0n) is 9.88. The minimum absolute atomic E-state index is 0.0137. The first kappa shape index (κ1) is 11.6. The zero-order valence-corrected chi connectivity index (χ0v) is 9.88. The Labute approximate surface area is 95.7 Å². The van der Waals surface area contributed by atoms with E-state index in [1.54, 1.807) is 14.2 Å². The lowest BCUT2D eigenvalue weighted by molar-refractivity contribution is -0.00387. The van der Waals surface area contributed by atoms with Gasteiger partial charge in [0.25, 0.3) is 0 Å². The van der Waals surface area contributed by atoms with Gasteiger partial charge in [0.2, 0.25) is 0 Å². The van der Waals surface area contributed by atoms with Gasteiger partial charge in [0.1, 0.15) is 5.60 Å². The smallest absolute Gasteiger partial charge is 0.318 e. The minimum Gasteiger partial charge on any atom is -0.375 e. The zero-order chi connectivity index (χ0) is 11.6. The van der Waals surface area contributed by atoms with Crippen LogP contribution in [0.15, 0.2) is 0 Å². The first-order chi connectivity index (χ1) is 7.72. The number of ether oxygens (including phenoxy) is 1. The van der Waals surface area contributed by atoms with Crippen LogP contribution in [0, 0.1) is 5.92 Å². The summed E-state index contributed by atoms with van der Waals surface area (Å²) in [7, 11) is 3.54. The van der Waals surface area contributed by atoms with Gasteiger partial charge >= 0.3 is 6.03 Å². The van der Waals surface area contributed by atoms with Gasteiger partial charge in [-0.3, -0.25) is 0 Å². The van der Waals surface area contributed by atoms with Crippen molar-refractivity contribution >= 4 is 6.03 Å². The van der Waals surface area contributed by atoms with Crippen LogP contribution in [-0.4, -0.2) is 63.5 Å². The predicted molar refractivity (Wildman–Crippen MR) is 60.1 cm³/mol. The van der Waals surface area contributed by atoms with Gasteiger partial charge in [0.05, 0.1) is 13.2 Å². The van der Waals surface area contributed by atoms with Gasteiger partial charge in [0, 0.05) is 32.7 Å². The number of carbonyl (C=O) groups excluding carboxylic acids is 1. The summed E-state index contributed by atoms with van der Waals surface area (Å²) in [6, 6.07) is -0.0137. The van der Waals surface area contributed by atoms with Gasteiger partial charge in [-0.2, -0.15) is 0 Å². The molecule has 2 aliphatic heterocycles. The molecule has 2 amide bonds. The van der Waals surface area contributed by atoms with Gasteiger partial charge in [-0.05, 0) is 7.05 Å². The third kappa shape index (κ3) is 1.88. The predicted octanol–water partition coefficient (Wildman–Crippen LogP) is -1.21. The molecule has 0 aliphatic carbocycles. The van der Waals surface area contributed by atoms with Crippen molar-refractivity contribution in [3.8, 4) is 0 Å². The van der Waals surface area contributed by atoms with E-state index in [-0.39, 0.29) is 11.6 Å². The van der Waals surface area contributed by atoms with Crippen molar-refractivity contribution in [2.45, 2.75) is 5.60 Å². The highest BCUT2D eigenvalue weighted by molar-refractivity contribution is 5.74. The van der Waals surface area contributed by atoms with E-state index in [0.717, 1.165) is 19.6 Å². The summed E-state index contributed by atoms with van der Waals surface area (Å²) in [5.41, 5.74) is -0.170. The van der Waals surface area contributed by atoms with E-state index in [0.29, 0.717) is 19.1 Å². The molecule has 2 rings (SSSR count). The highest BCUT2D eigenvalue weighted by Crippen LogP contribution is 2.33. The van der Waals surface area contributed by atoms with E-state index in [1.165, 1.54) is 0 Å². The molecule has 2 fully saturated rings. The third-order valence-electron chi connectivity index (χ3n) is 3.57. The van der Waals surface area contributed by atoms with Gasteiger partial charge < -0.3 is 25.6 Å². The van der Waals surface area contributed by atoms with Crippen molar-refractivity contribution in [3.05, 3.63) is 0 Å². The summed E-state index contributed by atoms with van der Waals surface area (Å²) in [6.07, 6.45) is 0. The highest BCUT2D eigenvalue weighted by atomic mass is 16.5. The number of amides is 2. The topological polar surface area (TPSA) is 65.6 Å². The molecule has 92 valence electrons. The van der Waals surface area contributed by atoms with E-state index in [4.69, 9.17) is 4.74 Å². The van der Waals surface area contributed by atoms with Gasteiger partial charge in [-0.25, -0.2) is 4.79 Å². The molecule has 0 aromatic heterocycles. The van der Waals surface area contributed by atoms with E-state index in [2.05, 4.69) is 16.0 Å². The molecule has 2 atom stereocenters. The Kier molecular flexibility index (Phi) is 3.32. The summed E-state index contributed by atoms with van der Waals surface area (Å²) < 4.78 is 5.61. The van der Waals surface area contributed by atoms with Crippen LogP contribution in [0.25, 0.3) is 0 Å². The van der Waals surface area contributed by atoms with Crippen LogP contribution in [0.4, 0.5) is 4.79 Å². The van der Waals surface area contributed by atoms with Crippen molar-refractivity contribution in [2.24, 2.45) is 5.92 Å². The van der Waals surface area contributed by atoms with Crippen molar-refractivity contribution in [2.75, 3.05) is 47.0 Å². The number of nitrogens with zero attached hydrogens (tertiary/aromatic N) is 1. The highest BCUT2D eigenvalue weighted by Gasteiger charge is 2.51. The molecule has 2 aliphatic rings. The Bertz CT molecular complexity index is 274. The largest absolute Gasteiger partial charge is 0.375 e. The van der Waals surface area contributed by atoms with Gasteiger partial charge in [-0.15, -0.1) is 0 Å². The van der Waals surface area contributed by atoms with Crippen LogP contribution < -0.4 is 16.0 Å². The molecule has 6 heteroatoms. The van der Waals surface area contributed by atoms with Crippen LogP contribution in [0.1, 0.15) is 0 Å². The number of methoxy groups -OCH3 is 1. The maximum atomic E-state index is 11.8. The Hall–Kier alpha value is -0.850. The summed E-state index contributed by atoms with van der Waals surface area (Å²) in [5.74, 6) is 0.415. The van der Waals surface area contributed by atoms with Crippen LogP contribution in [0.5, 0.6) is 0 Å². The quantitative estimate of drug-likeness (QED) is 0.531. The Morgan fingerprint density at radius 1 is 1.69 bits per heavy atom. The van der Waals surface area contributed by atoms with Crippen molar-refractivity contribution in [3.63, 3.8) is 0 Å².